The normalized spacial score (nSPS) is 14.4. The van der Waals surface area contributed by atoms with E-state index in [1.807, 2.05) is 0 Å². The van der Waals surface area contributed by atoms with E-state index < -0.39 is 20.0 Å². The van der Waals surface area contributed by atoms with Gasteiger partial charge in [-0.15, -0.1) is 10.2 Å². The van der Waals surface area contributed by atoms with Gasteiger partial charge in [0.1, 0.15) is 5.01 Å². The van der Waals surface area contributed by atoms with Crippen LogP contribution >= 0.6 is 11.3 Å². The number of aromatic nitrogens is 2. The first-order chi connectivity index (χ1) is 13.8. The molecule has 3 aromatic rings. The summed E-state index contributed by atoms with van der Waals surface area (Å²) in [5.74, 6) is 0. The molecule has 1 aliphatic heterocycles. The largest absolute Gasteiger partial charge is 0.266 e. The average Bonchev–Trinajstić information content (AvgIpc) is 3.11. The third kappa shape index (κ3) is 3.85. The number of aryl methyl sites for hydroxylation is 2. The van der Waals surface area contributed by atoms with E-state index in [0.29, 0.717) is 35.6 Å². The fourth-order valence-electron chi connectivity index (χ4n) is 3.19. The Hall–Kier alpha value is -2.50. The van der Waals surface area contributed by atoms with E-state index >= 15 is 0 Å². The predicted molar refractivity (Wildman–Crippen MR) is 111 cm³/mol. The molecule has 0 unspecified atom stereocenters. The molecule has 0 amide bonds. The molecule has 1 N–H and O–H groups in total. The van der Waals surface area contributed by atoms with Gasteiger partial charge in [-0.2, -0.15) is 0 Å². The summed E-state index contributed by atoms with van der Waals surface area (Å²) in [6, 6.07) is 12.7. The van der Waals surface area contributed by atoms with Crippen molar-refractivity contribution < 1.29 is 16.8 Å². The lowest BCUT2D eigenvalue weighted by molar-refractivity contribution is 0.586. The van der Waals surface area contributed by atoms with Gasteiger partial charge in [0, 0.05) is 6.54 Å². The predicted octanol–water partition coefficient (Wildman–Crippen LogP) is 2.79. The van der Waals surface area contributed by atoms with Gasteiger partial charge in [0.2, 0.25) is 5.13 Å². The molecule has 0 saturated heterocycles. The van der Waals surface area contributed by atoms with Gasteiger partial charge in [0.15, 0.2) is 0 Å². The van der Waals surface area contributed by atoms with Crippen LogP contribution < -0.4 is 9.03 Å². The standard InChI is InChI=1S/C18H18N4O4S3/c1-13-19-20-18(27-13)21-28(23,24)16-9-10-17-14(12-16)6-5-11-22(17)29(25,26)15-7-3-2-4-8-15/h2-4,7-10,12H,5-6,11H2,1H3,(H,20,21). The number of benzene rings is 2. The van der Waals surface area contributed by atoms with Gasteiger partial charge in [-0.1, -0.05) is 29.5 Å². The highest BCUT2D eigenvalue weighted by Gasteiger charge is 2.30. The SMILES string of the molecule is Cc1nnc(NS(=O)(=O)c2ccc3c(c2)CCCN3S(=O)(=O)c2ccccc2)s1. The maximum atomic E-state index is 13.1. The second kappa shape index (κ2) is 7.39. The van der Waals surface area contributed by atoms with E-state index in [2.05, 4.69) is 14.9 Å². The van der Waals surface area contributed by atoms with Crippen molar-refractivity contribution in [2.75, 3.05) is 15.6 Å². The van der Waals surface area contributed by atoms with E-state index in [0.717, 1.165) is 11.3 Å². The van der Waals surface area contributed by atoms with Gasteiger partial charge in [0.25, 0.3) is 20.0 Å². The topological polar surface area (TPSA) is 109 Å². The number of hydrogen-bond acceptors (Lipinski definition) is 7. The molecule has 2 heterocycles. The van der Waals surface area contributed by atoms with Gasteiger partial charge >= 0.3 is 0 Å². The number of nitrogens with one attached hydrogen (secondary N) is 1. The Morgan fingerprint density at radius 1 is 1.00 bits per heavy atom. The highest BCUT2D eigenvalue weighted by atomic mass is 32.2. The molecule has 11 heteroatoms. The Morgan fingerprint density at radius 2 is 1.76 bits per heavy atom. The van der Waals surface area contributed by atoms with E-state index in [1.165, 1.54) is 16.4 Å². The number of hydrogen-bond donors (Lipinski definition) is 1. The molecule has 1 aliphatic rings. The van der Waals surface area contributed by atoms with E-state index in [-0.39, 0.29) is 14.9 Å². The summed E-state index contributed by atoms with van der Waals surface area (Å²) < 4.78 is 55.3. The van der Waals surface area contributed by atoms with Crippen molar-refractivity contribution >= 4 is 42.2 Å². The van der Waals surface area contributed by atoms with E-state index in [4.69, 9.17) is 0 Å². The molecule has 0 saturated carbocycles. The Kier molecular flexibility index (Phi) is 5.05. The van der Waals surface area contributed by atoms with Crippen LogP contribution in [-0.4, -0.2) is 33.6 Å². The zero-order chi connectivity index (χ0) is 20.6. The quantitative estimate of drug-likeness (QED) is 0.640. The highest BCUT2D eigenvalue weighted by Crippen LogP contribution is 2.34. The van der Waals surface area contributed by atoms with Crippen LogP contribution in [0.5, 0.6) is 0 Å². The lowest BCUT2D eigenvalue weighted by Crippen LogP contribution is -2.35. The van der Waals surface area contributed by atoms with Crippen LogP contribution in [0.25, 0.3) is 0 Å². The average molecular weight is 451 g/mol. The van der Waals surface area contributed by atoms with Crippen LogP contribution in [0, 0.1) is 6.92 Å². The van der Waals surface area contributed by atoms with Gasteiger partial charge < -0.3 is 0 Å². The van der Waals surface area contributed by atoms with Gasteiger partial charge in [-0.05, 0) is 55.7 Å². The lowest BCUT2D eigenvalue weighted by Gasteiger charge is -2.30. The molecule has 0 spiro atoms. The fourth-order valence-corrected chi connectivity index (χ4v) is 6.62. The summed E-state index contributed by atoms with van der Waals surface area (Å²) in [4.78, 5) is 0.265. The van der Waals surface area contributed by atoms with Crippen molar-refractivity contribution in [3.05, 3.63) is 59.1 Å². The third-order valence-electron chi connectivity index (χ3n) is 4.52. The molecule has 2 aromatic carbocycles. The summed E-state index contributed by atoms with van der Waals surface area (Å²) in [6.45, 7) is 2.08. The molecule has 0 fully saturated rings. The van der Waals surface area contributed by atoms with Crippen LogP contribution in [0.3, 0.4) is 0 Å². The summed E-state index contributed by atoms with van der Waals surface area (Å²) in [6.07, 6.45) is 1.20. The second-order valence-electron chi connectivity index (χ2n) is 6.52. The molecule has 1 aromatic heterocycles. The van der Waals surface area contributed by atoms with Crippen LogP contribution in [0.2, 0.25) is 0 Å². The number of fused-ring (bicyclic) bond motifs is 1. The first kappa shape index (κ1) is 19.8. The summed E-state index contributed by atoms with van der Waals surface area (Å²) in [5.41, 5.74) is 1.18. The van der Waals surface area contributed by atoms with E-state index in [1.54, 1.807) is 43.3 Å². The second-order valence-corrected chi connectivity index (χ2v) is 11.2. The number of rotatable bonds is 5. The highest BCUT2D eigenvalue weighted by molar-refractivity contribution is 7.93. The van der Waals surface area contributed by atoms with Crippen molar-refractivity contribution in [3.8, 4) is 0 Å². The van der Waals surface area contributed by atoms with Crippen molar-refractivity contribution in [1.29, 1.82) is 0 Å². The Morgan fingerprint density at radius 3 is 2.45 bits per heavy atom. The summed E-state index contributed by atoms with van der Waals surface area (Å²) >= 11 is 1.14. The molecule has 0 radical (unpaired) electrons. The molecule has 29 heavy (non-hydrogen) atoms. The maximum absolute atomic E-state index is 13.1. The fraction of sp³-hybridized carbons (Fsp3) is 0.222. The first-order valence-corrected chi connectivity index (χ1v) is 12.5. The van der Waals surface area contributed by atoms with Crippen molar-refractivity contribution in [2.45, 2.75) is 29.6 Å². The van der Waals surface area contributed by atoms with Crippen molar-refractivity contribution in [3.63, 3.8) is 0 Å². The van der Waals surface area contributed by atoms with Gasteiger partial charge in [-0.25, -0.2) is 16.8 Å². The molecule has 0 aliphatic carbocycles. The number of sulfonamides is 2. The smallest absolute Gasteiger partial charge is 0.264 e. The molecule has 8 nitrogen and oxygen atoms in total. The minimum absolute atomic E-state index is 0.0584. The maximum Gasteiger partial charge on any atom is 0.264 e. The molecule has 0 bridgehead atoms. The zero-order valence-electron chi connectivity index (χ0n) is 15.4. The van der Waals surface area contributed by atoms with E-state index in [9.17, 15) is 16.8 Å². The molecule has 152 valence electrons. The van der Waals surface area contributed by atoms with Gasteiger partial charge in [0.05, 0.1) is 15.5 Å². The Labute approximate surface area is 173 Å². The Balaban J connectivity index is 1.69. The third-order valence-corrected chi connectivity index (χ3v) is 8.56. The molecule has 4 rings (SSSR count). The zero-order valence-corrected chi connectivity index (χ0v) is 17.9. The molecular formula is C18H18N4O4S3. The molecule has 0 atom stereocenters. The molecular weight excluding hydrogens is 432 g/mol. The minimum atomic E-state index is -3.85. The summed E-state index contributed by atoms with van der Waals surface area (Å²) in [7, 11) is -7.57. The lowest BCUT2D eigenvalue weighted by atomic mass is 10.0. The number of nitrogens with zero attached hydrogens (tertiary/aromatic N) is 3. The Bertz CT molecular complexity index is 1260. The van der Waals surface area contributed by atoms with Gasteiger partial charge in [-0.3, -0.25) is 9.03 Å². The van der Waals surface area contributed by atoms with Crippen LogP contribution in [-0.2, 0) is 26.5 Å². The summed E-state index contributed by atoms with van der Waals surface area (Å²) in [5, 5.41) is 8.42. The minimum Gasteiger partial charge on any atom is -0.266 e. The van der Waals surface area contributed by atoms with Crippen molar-refractivity contribution in [2.24, 2.45) is 0 Å². The number of anilines is 2. The van der Waals surface area contributed by atoms with Crippen molar-refractivity contribution in [1.82, 2.24) is 10.2 Å². The first-order valence-electron chi connectivity index (χ1n) is 8.81. The van der Waals surface area contributed by atoms with Crippen LogP contribution in [0.1, 0.15) is 17.0 Å². The monoisotopic (exact) mass is 450 g/mol. The van der Waals surface area contributed by atoms with Crippen LogP contribution in [0.15, 0.2) is 58.3 Å². The van der Waals surface area contributed by atoms with Crippen LogP contribution in [0.4, 0.5) is 10.8 Å².